The topological polar surface area (TPSA) is 52.6 Å². The summed E-state index contributed by atoms with van der Waals surface area (Å²) in [7, 11) is 0. The Kier molecular flexibility index (Phi) is 3.02. The largest absolute Gasteiger partial charge is 0.422 e. The zero-order valence-electron chi connectivity index (χ0n) is 7.20. The molecule has 0 aliphatic carbocycles. The van der Waals surface area contributed by atoms with Crippen molar-refractivity contribution in [2.24, 2.45) is 0 Å². The van der Waals surface area contributed by atoms with Gasteiger partial charge in [0.05, 0.1) is 0 Å². The third-order valence-electron chi connectivity index (χ3n) is 1.10. The fraction of sp³-hybridized carbons (Fsp3) is 0.250. The lowest BCUT2D eigenvalue weighted by molar-refractivity contribution is -0.134. The summed E-state index contributed by atoms with van der Waals surface area (Å²) in [5, 5.41) is 3.19. The Bertz CT molecular complexity index is 298. The molecule has 0 saturated carbocycles. The molecule has 0 aliphatic heterocycles. The predicted octanol–water partition coefficient (Wildman–Crippen LogP) is 1.60. The standard InChI is InChI=1S/C8H8O4S/c1-5(9)11-7-3-13-4-8(7)12-6(2)10/h3-4H,1-2H3. The van der Waals surface area contributed by atoms with Crippen molar-refractivity contribution >= 4 is 23.3 Å². The Labute approximate surface area is 79.1 Å². The van der Waals surface area contributed by atoms with Gasteiger partial charge in [-0.05, 0) is 0 Å². The van der Waals surface area contributed by atoms with Crippen LogP contribution in [0.5, 0.6) is 11.5 Å². The molecule has 5 heteroatoms. The van der Waals surface area contributed by atoms with Crippen LogP contribution in [0, 0.1) is 0 Å². The van der Waals surface area contributed by atoms with Crippen molar-refractivity contribution < 1.29 is 19.1 Å². The van der Waals surface area contributed by atoms with Gasteiger partial charge >= 0.3 is 11.9 Å². The van der Waals surface area contributed by atoms with E-state index in [1.165, 1.54) is 25.2 Å². The lowest BCUT2D eigenvalue weighted by atomic mass is 10.5. The number of rotatable bonds is 2. The Hall–Kier alpha value is -1.36. The number of ether oxygens (including phenoxy) is 2. The summed E-state index contributed by atoms with van der Waals surface area (Å²) in [4.78, 5) is 21.2. The average molecular weight is 200 g/mol. The van der Waals surface area contributed by atoms with Gasteiger partial charge in [-0.1, -0.05) is 0 Å². The quantitative estimate of drug-likeness (QED) is 0.680. The van der Waals surface area contributed by atoms with Gasteiger partial charge < -0.3 is 9.47 Å². The highest BCUT2D eigenvalue weighted by Crippen LogP contribution is 2.31. The van der Waals surface area contributed by atoms with E-state index in [2.05, 4.69) is 0 Å². The lowest BCUT2D eigenvalue weighted by Gasteiger charge is -2.01. The van der Waals surface area contributed by atoms with Crippen molar-refractivity contribution in [1.29, 1.82) is 0 Å². The Morgan fingerprint density at radius 3 is 1.77 bits per heavy atom. The van der Waals surface area contributed by atoms with Crippen LogP contribution in [0.15, 0.2) is 10.8 Å². The van der Waals surface area contributed by atoms with Gasteiger partial charge in [-0.25, -0.2) is 0 Å². The molecular formula is C8H8O4S. The molecule has 0 radical (unpaired) electrons. The van der Waals surface area contributed by atoms with Gasteiger partial charge in [0, 0.05) is 24.6 Å². The summed E-state index contributed by atoms with van der Waals surface area (Å²) in [6.07, 6.45) is 0. The van der Waals surface area contributed by atoms with E-state index in [9.17, 15) is 9.59 Å². The van der Waals surface area contributed by atoms with Crippen LogP contribution in [0.3, 0.4) is 0 Å². The molecule has 0 N–H and O–H groups in total. The molecule has 0 aromatic carbocycles. The molecule has 1 aromatic rings. The molecule has 0 aliphatic rings. The van der Waals surface area contributed by atoms with E-state index in [1.54, 1.807) is 10.8 Å². The SMILES string of the molecule is CC(=O)Oc1cscc1OC(C)=O. The highest BCUT2D eigenvalue weighted by molar-refractivity contribution is 7.08. The van der Waals surface area contributed by atoms with Gasteiger partial charge in [-0.2, -0.15) is 0 Å². The van der Waals surface area contributed by atoms with Crippen LogP contribution in [0.25, 0.3) is 0 Å². The maximum Gasteiger partial charge on any atom is 0.308 e. The highest BCUT2D eigenvalue weighted by atomic mass is 32.1. The minimum atomic E-state index is -0.438. The normalized spacial score (nSPS) is 9.38. The van der Waals surface area contributed by atoms with Crippen LogP contribution >= 0.6 is 11.3 Å². The van der Waals surface area contributed by atoms with Gasteiger partial charge in [0.15, 0.2) is 11.5 Å². The number of carbonyl (C=O) groups is 2. The summed E-state index contributed by atoms with van der Waals surface area (Å²) in [6, 6.07) is 0. The van der Waals surface area contributed by atoms with E-state index in [0.29, 0.717) is 0 Å². The van der Waals surface area contributed by atoms with Gasteiger partial charge in [0.25, 0.3) is 0 Å². The van der Waals surface area contributed by atoms with Crippen molar-refractivity contribution in [3.63, 3.8) is 0 Å². The first-order valence-electron chi connectivity index (χ1n) is 3.52. The van der Waals surface area contributed by atoms with Crippen molar-refractivity contribution in [3.8, 4) is 11.5 Å². The molecule has 0 amide bonds. The molecule has 0 saturated heterocycles. The number of hydrogen-bond acceptors (Lipinski definition) is 5. The van der Waals surface area contributed by atoms with Gasteiger partial charge in [0.2, 0.25) is 0 Å². The molecular weight excluding hydrogens is 192 g/mol. The zero-order valence-corrected chi connectivity index (χ0v) is 8.01. The third-order valence-corrected chi connectivity index (χ3v) is 1.80. The minimum Gasteiger partial charge on any atom is -0.422 e. The average Bonchev–Trinajstić information content (AvgIpc) is 2.34. The number of hydrogen-bond donors (Lipinski definition) is 0. The lowest BCUT2D eigenvalue weighted by Crippen LogP contribution is -2.05. The molecule has 4 nitrogen and oxygen atoms in total. The molecule has 0 unspecified atom stereocenters. The van der Waals surface area contributed by atoms with Crippen molar-refractivity contribution in [2.45, 2.75) is 13.8 Å². The molecule has 0 bridgehead atoms. The van der Waals surface area contributed by atoms with Gasteiger partial charge in [-0.15, -0.1) is 11.3 Å². The predicted molar refractivity (Wildman–Crippen MR) is 46.9 cm³/mol. The molecule has 1 rings (SSSR count). The first-order valence-corrected chi connectivity index (χ1v) is 4.47. The summed E-state index contributed by atoms with van der Waals surface area (Å²) in [5.74, 6) is -0.306. The summed E-state index contributed by atoms with van der Waals surface area (Å²) >= 11 is 1.30. The van der Waals surface area contributed by atoms with Crippen LogP contribution in [0.2, 0.25) is 0 Å². The number of carbonyl (C=O) groups excluding carboxylic acids is 2. The number of thiophene rings is 1. The van der Waals surface area contributed by atoms with Crippen LogP contribution in [0.4, 0.5) is 0 Å². The first-order chi connectivity index (χ1) is 6.09. The van der Waals surface area contributed by atoms with Gasteiger partial charge in [0.1, 0.15) is 0 Å². The van der Waals surface area contributed by atoms with E-state index in [0.717, 1.165) is 0 Å². The Balaban J connectivity index is 2.76. The summed E-state index contributed by atoms with van der Waals surface area (Å²) in [6.45, 7) is 2.57. The van der Waals surface area contributed by atoms with E-state index in [1.807, 2.05) is 0 Å². The van der Waals surface area contributed by atoms with Crippen LogP contribution in [-0.4, -0.2) is 11.9 Å². The van der Waals surface area contributed by atoms with Crippen LogP contribution in [-0.2, 0) is 9.59 Å². The van der Waals surface area contributed by atoms with E-state index in [-0.39, 0.29) is 11.5 Å². The fourth-order valence-electron chi connectivity index (χ4n) is 0.732. The second-order valence-corrected chi connectivity index (χ2v) is 3.03. The van der Waals surface area contributed by atoms with E-state index in [4.69, 9.17) is 9.47 Å². The minimum absolute atomic E-state index is 0.285. The van der Waals surface area contributed by atoms with Crippen LogP contribution in [0.1, 0.15) is 13.8 Å². The monoisotopic (exact) mass is 200 g/mol. The molecule has 0 spiro atoms. The Morgan fingerprint density at radius 1 is 1.08 bits per heavy atom. The third kappa shape index (κ3) is 2.87. The molecule has 0 atom stereocenters. The van der Waals surface area contributed by atoms with Crippen molar-refractivity contribution in [1.82, 2.24) is 0 Å². The molecule has 13 heavy (non-hydrogen) atoms. The van der Waals surface area contributed by atoms with Crippen molar-refractivity contribution in [3.05, 3.63) is 10.8 Å². The maximum absolute atomic E-state index is 10.6. The summed E-state index contributed by atoms with van der Waals surface area (Å²) < 4.78 is 9.56. The summed E-state index contributed by atoms with van der Waals surface area (Å²) in [5.41, 5.74) is 0. The molecule has 1 heterocycles. The first kappa shape index (κ1) is 9.73. The van der Waals surface area contributed by atoms with Crippen molar-refractivity contribution in [2.75, 3.05) is 0 Å². The molecule has 1 aromatic heterocycles. The number of esters is 2. The van der Waals surface area contributed by atoms with E-state index >= 15 is 0 Å². The molecule has 70 valence electrons. The smallest absolute Gasteiger partial charge is 0.308 e. The second-order valence-electron chi connectivity index (χ2n) is 2.29. The Morgan fingerprint density at radius 2 is 1.46 bits per heavy atom. The van der Waals surface area contributed by atoms with Gasteiger partial charge in [-0.3, -0.25) is 9.59 Å². The van der Waals surface area contributed by atoms with Crippen LogP contribution < -0.4 is 9.47 Å². The fourth-order valence-corrected chi connectivity index (χ4v) is 1.38. The highest BCUT2D eigenvalue weighted by Gasteiger charge is 2.10. The maximum atomic E-state index is 10.6. The second kappa shape index (κ2) is 4.04. The molecule has 0 fully saturated rings. The zero-order chi connectivity index (χ0) is 9.84. The van der Waals surface area contributed by atoms with E-state index < -0.39 is 11.9 Å².